The van der Waals surface area contributed by atoms with Crippen molar-refractivity contribution in [2.45, 2.75) is 116 Å². The van der Waals surface area contributed by atoms with Crippen molar-refractivity contribution in [3.8, 4) is 0 Å². The molecule has 2 aromatic carbocycles. The third kappa shape index (κ3) is 10.8. The van der Waals surface area contributed by atoms with Crippen LogP contribution in [0.25, 0.3) is 11.0 Å². The van der Waals surface area contributed by atoms with E-state index in [2.05, 4.69) is 35.0 Å². The van der Waals surface area contributed by atoms with E-state index >= 15 is 0 Å². The molecule has 0 aliphatic heterocycles. The first-order chi connectivity index (χ1) is 18.7. The van der Waals surface area contributed by atoms with Crippen LogP contribution < -0.4 is 5.32 Å². The van der Waals surface area contributed by atoms with Crippen molar-refractivity contribution in [1.29, 1.82) is 0 Å². The number of imidazole rings is 1. The molecule has 0 radical (unpaired) electrons. The van der Waals surface area contributed by atoms with E-state index in [4.69, 9.17) is 16.6 Å². The maximum atomic E-state index is 12.4. The van der Waals surface area contributed by atoms with Crippen LogP contribution >= 0.6 is 11.6 Å². The standard InChI is InChI=1S/C33H48ClN3O/c1-2-3-4-5-6-7-8-9-10-11-12-13-14-19-26-37-31-23-18-17-22-30(31)36-32(37)24-25-35-33(38)27-28-20-15-16-21-29(28)34/h15-18,20-23H,2-14,19,24-27H2,1H3,(H,35,38). The Morgan fingerprint density at radius 1 is 0.789 bits per heavy atom. The fourth-order valence-electron chi connectivity index (χ4n) is 5.22. The Balaban J connectivity index is 1.33. The van der Waals surface area contributed by atoms with Crippen LogP contribution in [-0.4, -0.2) is 22.0 Å². The molecule has 0 aliphatic carbocycles. The number of hydrogen-bond acceptors (Lipinski definition) is 2. The van der Waals surface area contributed by atoms with Gasteiger partial charge in [0, 0.05) is 24.5 Å². The van der Waals surface area contributed by atoms with Gasteiger partial charge in [-0.2, -0.15) is 0 Å². The van der Waals surface area contributed by atoms with Gasteiger partial charge in [-0.25, -0.2) is 4.98 Å². The van der Waals surface area contributed by atoms with Crippen molar-refractivity contribution in [2.24, 2.45) is 0 Å². The first-order valence-corrected chi connectivity index (χ1v) is 15.5. The molecule has 3 aromatic rings. The number of carbonyl (C=O) groups excluding carboxylic acids is 1. The summed E-state index contributed by atoms with van der Waals surface area (Å²) in [6.07, 6.45) is 20.2. The molecule has 1 amide bonds. The summed E-state index contributed by atoms with van der Waals surface area (Å²) in [5.41, 5.74) is 3.09. The molecule has 3 rings (SSSR count). The summed E-state index contributed by atoms with van der Waals surface area (Å²) in [7, 11) is 0. The lowest BCUT2D eigenvalue weighted by Crippen LogP contribution is -2.28. The molecule has 1 N–H and O–H groups in total. The van der Waals surface area contributed by atoms with Gasteiger partial charge in [-0.3, -0.25) is 4.79 Å². The molecule has 0 aliphatic rings. The molecular formula is C33H48ClN3O. The fraction of sp³-hybridized carbons (Fsp3) is 0.576. The summed E-state index contributed by atoms with van der Waals surface area (Å²) in [6, 6.07) is 15.9. The molecule has 0 unspecified atom stereocenters. The van der Waals surface area contributed by atoms with Crippen LogP contribution in [0.3, 0.4) is 0 Å². The van der Waals surface area contributed by atoms with Crippen molar-refractivity contribution in [1.82, 2.24) is 14.9 Å². The molecule has 4 nitrogen and oxygen atoms in total. The number of aromatic nitrogens is 2. The van der Waals surface area contributed by atoms with Gasteiger partial charge in [0.1, 0.15) is 5.82 Å². The predicted molar refractivity (Wildman–Crippen MR) is 162 cm³/mol. The number of benzene rings is 2. The Hall–Kier alpha value is -2.33. The third-order valence-corrected chi connectivity index (χ3v) is 7.82. The minimum atomic E-state index is -0.00673. The van der Waals surface area contributed by atoms with E-state index in [1.54, 1.807) is 0 Å². The van der Waals surface area contributed by atoms with Gasteiger partial charge in [-0.05, 0) is 30.2 Å². The molecule has 0 saturated carbocycles. The van der Waals surface area contributed by atoms with E-state index in [9.17, 15) is 4.79 Å². The van der Waals surface area contributed by atoms with E-state index in [0.717, 1.165) is 29.9 Å². The average Bonchev–Trinajstić information content (AvgIpc) is 3.27. The zero-order valence-electron chi connectivity index (χ0n) is 23.5. The minimum absolute atomic E-state index is 0.00673. The molecule has 1 aromatic heterocycles. The van der Waals surface area contributed by atoms with Gasteiger partial charge in [0.05, 0.1) is 17.5 Å². The summed E-state index contributed by atoms with van der Waals surface area (Å²) >= 11 is 6.20. The zero-order chi connectivity index (χ0) is 26.8. The first-order valence-electron chi connectivity index (χ1n) is 15.1. The monoisotopic (exact) mass is 537 g/mol. The number of fused-ring (bicyclic) bond motifs is 1. The molecule has 5 heteroatoms. The summed E-state index contributed by atoms with van der Waals surface area (Å²) in [5.74, 6) is 1.05. The molecule has 1 heterocycles. The lowest BCUT2D eigenvalue weighted by molar-refractivity contribution is -0.120. The van der Waals surface area contributed by atoms with Crippen LogP contribution in [0, 0.1) is 0 Å². The maximum Gasteiger partial charge on any atom is 0.224 e. The SMILES string of the molecule is CCCCCCCCCCCCCCCCn1c(CCNC(=O)Cc2ccccc2Cl)nc2ccccc21. The Morgan fingerprint density at radius 2 is 1.37 bits per heavy atom. The summed E-state index contributed by atoms with van der Waals surface area (Å²) in [6.45, 7) is 3.85. The molecular weight excluding hydrogens is 490 g/mol. The molecule has 0 saturated heterocycles. The van der Waals surface area contributed by atoms with Gasteiger partial charge in [-0.1, -0.05) is 132 Å². The van der Waals surface area contributed by atoms with Crippen LogP contribution in [0.2, 0.25) is 5.02 Å². The number of para-hydroxylation sites is 2. The lowest BCUT2D eigenvalue weighted by atomic mass is 10.0. The van der Waals surface area contributed by atoms with E-state index < -0.39 is 0 Å². The molecule has 38 heavy (non-hydrogen) atoms. The van der Waals surface area contributed by atoms with Gasteiger partial charge in [0.25, 0.3) is 0 Å². The minimum Gasteiger partial charge on any atom is -0.355 e. The summed E-state index contributed by atoms with van der Waals surface area (Å²) in [5, 5.41) is 3.68. The largest absolute Gasteiger partial charge is 0.355 e. The topological polar surface area (TPSA) is 46.9 Å². The number of hydrogen-bond donors (Lipinski definition) is 1. The quantitative estimate of drug-likeness (QED) is 0.146. The van der Waals surface area contributed by atoms with Crippen molar-refractivity contribution in [2.75, 3.05) is 6.54 Å². The molecule has 0 atom stereocenters. The van der Waals surface area contributed by atoms with Crippen molar-refractivity contribution >= 4 is 28.5 Å². The Morgan fingerprint density at radius 3 is 2.03 bits per heavy atom. The normalized spacial score (nSPS) is 11.3. The molecule has 0 fully saturated rings. The summed E-state index contributed by atoms with van der Waals surface area (Å²) in [4.78, 5) is 17.3. The van der Waals surface area contributed by atoms with Crippen LogP contribution in [0.5, 0.6) is 0 Å². The van der Waals surface area contributed by atoms with Crippen LogP contribution in [-0.2, 0) is 24.2 Å². The number of unbranched alkanes of at least 4 members (excludes halogenated alkanes) is 13. The van der Waals surface area contributed by atoms with Crippen molar-refractivity contribution < 1.29 is 4.79 Å². The number of amides is 1. The second-order valence-electron chi connectivity index (χ2n) is 10.6. The van der Waals surface area contributed by atoms with Gasteiger partial charge in [0.2, 0.25) is 5.91 Å². The fourth-order valence-corrected chi connectivity index (χ4v) is 5.42. The zero-order valence-corrected chi connectivity index (χ0v) is 24.3. The van der Waals surface area contributed by atoms with E-state index in [1.807, 2.05) is 30.3 Å². The van der Waals surface area contributed by atoms with Gasteiger partial charge >= 0.3 is 0 Å². The second kappa shape index (κ2) is 18.0. The predicted octanol–water partition coefficient (Wildman–Crippen LogP) is 9.07. The van der Waals surface area contributed by atoms with Gasteiger partial charge in [0.15, 0.2) is 0 Å². The highest BCUT2D eigenvalue weighted by atomic mass is 35.5. The number of aryl methyl sites for hydroxylation is 1. The Kier molecular flexibility index (Phi) is 14.3. The number of halogens is 1. The van der Waals surface area contributed by atoms with Crippen molar-refractivity contribution in [3.63, 3.8) is 0 Å². The van der Waals surface area contributed by atoms with Gasteiger partial charge in [-0.15, -0.1) is 0 Å². The average molecular weight is 538 g/mol. The second-order valence-corrected chi connectivity index (χ2v) is 11.0. The lowest BCUT2D eigenvalue weighted by Gasteiger charge is -2.10. The van der Waals surface area contributed by atoms with Crippen LogP contribution in [0.15, 0.2) is 48.5 Å². The van der Waals surface area contributed by atoms with E-state index in [0.29, 0.717) is 18.0 Å². The van der Waals surface area contributed by atoms with Crippen LogP contribution in [0.1, 0.15) is 108 Å². The molecule has 208 valence electrons. The number of nitrogens with zero attached hydrogens (tertiary/aromatic N) is 2. The highest BCUT2D eigenvalue weighted by Gasteiger charge is 2.11. The summed E-state index contributed by atoms with van der Waals surface area (Å²) < 4.78 is 2.36. The van der Waals surface area contributed by atoms with E-state index in [1.165, 1.54) is 95.4 Å². The maximum absolute atomic E-state index is 12.4. The highest BCUT2D eigenvalue weighted by molar-refractivity contribution is 6.31. The number of carbonyl (C=O) groups is 1. The highest BCUT2D eigenvalue weighted by Crippen LogP contribution is 2.19. The van der Waals surface area contributed by atoms with Crippen LogP contribution in [0.4, 0.5) is 0 Å². The first kappa shape index (κ1) is 30.2. The Labute approximate surface area is 235 Å². The number of nitrogens with one attached hydrogen (secondary N) is 1. The van der Waals surface area contributed by atoms with Gasteiger partial charge < -0.3 is 9.88 Å². The van der Waals surface area contributed by atoms with E-state index in [-0.39, 0.29) is 5.91 Å². The number of rotatable bonds is 20. The van der Waals surface area contributed by atoms with Crippen molar-refractivity contribution in [3.05, 3.63) is 64.9 Å². The third-order valence-electron chi connectivity index (χ3n) is 7.45. The smallest absolute Gasteiger partial charge is 0.224 e. The Bertz CT molecular complexity index is 1080. The molecule has 0 spiro atoms. The molecule has 0 bridgehead atoms.